The van der Waals surface area contributed by atoms with Gasteiger partial charge in [0, 0.05) is 44.1 Å². The van der Waals surface area contributed by atoms with Gasteiger partial charge in [0.15, 0.2) is 5.82 Å². The molecule has 6 nitrogen and oxygen atoms in total. The van der Waals surface area contributed by atoms with Crippen LogP contribution in [-0.4, -0.2) is 45.4 Å². The van der Waals surface area contributed by atoms with Crippen LogP contribution in [0.15, 0.2) is 67.1 Å². The molecule has 0 spiro atoms. The van der Waals surface area contributed by atoms with Gasteiger partial charge in [-0.15, -0.1) is 12.4 Å². The van der Waals surface area contributed by atoms with Gasteiger partial charge >= 0.3 is 0 Å². The minimum atomic E-state index is -0.00387. The molecule has 1 amide bonds. The fourth-order valence-electron chi connectivity index (χ4n) is 4.44. The van der Waals surface area contributed by atoms with Crippen LogP contribution in [-0.2, 0) is 0 Å². The second-order valence-corrected chi connectivity index (χ2v) is 7.41. The Kier molecular flexibility index (Phi) is 5.56. The zero-order valence-electron chi connectivity index (χ0n) is 15.8. The fraction of sp³-hybridized carbons (Fsp3) is 0.273. The second-order valence-electron chi connectivity index (χ2n) is 7.41. The molecule has 0 radical (unpaired) electrons. The lowest BCUT2D eigenvalue weighted by atomic mass is 9.89. The molecule has 148 valence electrons. The highest BCUT2D eigenvalue weighted by Crippen LogP contribution is 2.43. The van der Waals surface area contributed by atoms with Gasteiger partial charge in [0.2, 0.25) is 0 Å². The number of rotatable bonds is 3. The van der Waals surface area contributed by atoms with Crippen LogP contribution in [0.2, 0.25) is 0 Å². The van der Waals surface area contributed by atoms with Crippen molar-refractivity contribution in [3.05, 3.63) is 78.2 Å². The lowest BCUT2D eigenvalue weighted by molar-refractivity contribution is 0.0713. The minimum absolute atomic E-state index is 0. The summed E-state index contributed by atoms with van der Waals surface area (Å²) in [6.45, 7) is 2.67. The Morgan fingerprint density at radius 1 is 0.966 bits per heavy atom. The quantitative estimate of drug-likeness (QED) is 0.722. The molecule has 2 aliphatic heterocycles. The van der Waals surface area contributed by atoms with Crippen LogP contribution in [0.25, 0.3) is 11.5 Å². The van der Waals surface area contributed by atoms with Crippen LogP contribution in [0, 0.1) is 11.8 Å². The van der Waals surface area contributed by atoms with Gasteiger partial charge in [0.05, 0.1) is 11.6 Å². The van der Waals surface area contributed by atoms with Crippen molar-refractivity contribution in [2.45, 2.75) is 6.04 Å². The molecule has 7 heteroatoms. The van der Waals surface area contributed by atoms with Gasteiger partial charge in [-0.05, 0) is 23.6 Å². The number of benzene rings is 1. The first-order valence-corrected chi connectivity index (χ1v) is 9.61. The van der Waals surface area contributed by atoms with E-state index in [0.29, 0.717) is 28.9 Å². The summed E-state index contributed by atoms with van der Waals surface area (Å²) in [6.07, 6.45) is 4.95. The Morgan fingerprint density at radius 2 is 1.72 bits per heavy atom. The molecule has 3 aromatic rings. The normalized spacial score (nSPS) is 22.8. The standard InChI is InChI=1S/C22H21N5O.ClH/c28-22(16-11-25-21(26-12-16)19-8-4-5-9-24-19)27-14-17-10-23-13-18(17)20(27)15-6-2-1-3-7-15;/h1-9,11-12,17-18,20,23H,10,13-14H2;1H/t17-,18-,20+;/m0./s1. The molecular weight excluding hydrogens is 386 g/mol. The molecule has 5 rings (SSSR count). The van der Waals surface area contributed by atoms with Crippen LogP contribution in [0.1, 0.15) is 22.0 Å². The molecule has 0 aliphatic carbocycles. The molecule has 0 bridgehead atoms. The minimum Gasteiger partial charge on any atom is -0.331 e. The second kappa shape index (κ2) is 8.27. The van der Waals surface area contributed by atoms with E-state index in [1.807, 2.05) is 41.3 Å². The fourth-order valence-corrected chi connectivity index (χ4v) is 4.44. The largest absolute Gasteiger partial charge is 0.331 e. The maximum atomic E-state index is 13.3. The van der Waals surface area contributed by atoms with E-state index < -0.39 is 0 Å². The van der Waals surface area contributed by atoms with Gasteiger partial charge in [0.1, 0.15) is 5.69 Å². The Labute approximate surface area is 175 Å². The molecule has 2 aromatic heterocycles. The summed E-state index contributed by atoms with van der Waals surface area (Å²) in [5.41, 5.74) is 2.41. The zero-order valence-corrected chi connectivity index (χ0v) is 16.6. The molecule has 29 heavy (non-hydrogen) atoms. The third kappa shape index (κ3) is 3.61. The monoisotopic (exact) mass is 407 g/mol. The Hall–Kier alpha value is -2.83. The van der Waals surface area contributed by atoms with E-state index in [9.17, 15) is 4.79 Å². The highest BCUT2D eigenvalue weighted by atomic mass is 35.5. The number of aromatic nitrogens is 3. The Balaban J connectivity index is 0.00000205. The van der Waals surface area contributed by atoms with Crippen molar-refractivity contribution in [2.75, 3.05) is 19.6 Å². The van der Waals surface area contributed by atoms with Crippen LogP contribution in [0.3, 0.4) is 0 Å². The van der Waals surface area contributed by atoms with E-state index in [1.54, 1.807) is 18.6 Å². The van der Waals surface area contributed by atoms with Gasteiger partial charge < -0.3 is 10.2 Å². The SMILES string of the molecule is Cl.O=C(c1cnc(-c2ccccn2)nc1)N1C[C@@H]2CNC[C@@H]2[C@H]1c1ccccc1. The van der Waals surface area contributed by atoms with Crippen molar-refractivity contribution in [1.82, 2.24) is 25.2 Å². The van der Waals surface area contributed by atoms with Crippen LogP contribution < -0.4 is 5.32 Å². The molecule has 2 saturated heterocycles. The predicted octanol–water partition coefficient (Wildman–Crippen LogP) is 2.99. The predicted molar refractivity (Wildman–Crippen MR) is 113 cm³/mol. The van der Waals surface area contributed by atoms with Crippen molar-refractivity contribution in [3.8, 4) is 11.5 Å². The highest BCUT2D eigenvalue weighted by molar-refractivity contribution is 5.94. The molecule has 0 saturated carbocycles. The first-order chi connectivity index (χ1) is 13.8. The average Bonchev–Trinajstić information content (AvgIpc) is 3.36. The van der Waals surface area contributed by atoms with E-state index in [1.165, 1.54) is 5.56 Å². The van der Waals surface area contributed by atoms with Crippen molar-refractivity contribution < 1.29 is 4.79 Å². The maximum absolute atomic E-state index is 13.3. The Bertz CT molecular complexity index is 968. The van der Waals surface area contributed by atoms with E-state index in [0.717, 1.165) is 19.6 Å². The van der Waals surface area contributed by atoms with Crippen molar-refractivity contribution in [2.24, 2.45) is 11.8 Å². The van der Waals surface area contributed by atoms with Crippen molar-refractivity contribution in [1.29, 1.82) is 0 Å². The molecule has 2 aliphatic rings. The van der Waals surface area contributed by atoms with E-state index in [2.05, 4.69) is 32.4 Å². The third-order valence-corrected chi connectivity index (χ3v) is 5.76. The van der Waals surface area contributed by atoms with Crippen molar-refractivity contribution >= 4 is 18.3 Å². The summed E-state index contributed by atoms with van der Waals surface area (Å²) in [5, 5.41) is 3.48. The number of likely N-dealkylation sites (tertiary alicyclic amines) is 1. The number of hydrogen-bond donors (Lipinski definition) is 1. The number of pyridine rings is 1. The smallest absolute Gasteiger partial charge is 0.257 e. The number of halogens is 1. The molecule has 3 atom stereocenters. The number of hydrogen-bond acceptors (Lipinski definition) is 5. The summed E-state index contributed by atoms with van der Waals surface area (Å²) >= 11 is 0. The summed E-state index contributed by atoms with van der Waals surface area (Å²) in [4.78, 5) is 28.3. The van der Waals surface area contributed by atoms with Crippen LogP contribution in [0.5, 0.6) is 0 Å². The van der Waals surface area contributed by atoms with Gasteiger partial charge in [0.25, 0.3) is 5.91 Å². The van der Waals surface area contributed by atoms with Crippen molar-refractivity contribution in [3.63, 3.8) is 0 Å². The molecule has 2 fully saturated rings. The maximum Gasteiger partial charge on any atom is 0.257 e. The number of nitrogens with zero attached hydrogens (tertiary/aromatic N) is 4. The lowest BCUT2D eigenvalue weighted by Crippen LogP contribution is -2.34. The summed E-state index contributed by atoms with van der Waals surface area (Å²) in [6, 6.07) is 16.0. The Morgan fingerprint density at radius 3 is 2.45 bits per heavy atom. The van der Waals surface area contributed by atoms with E-state index >= 15 is 0 Å². The number of carbonyl (C=O) groups is 1. The summed E-state index contributed by atoms with van der Waals surface area (Å²) in [7, 11) is 0. The van der Waals surface area contributed by atoms with Gasteiger partial charge in [-0.2, -0.15) is 0 Å². The number of fused-ring (bicyclic) bond motifs is 1. The molecule has 0 unspecified atom stereocenters. The van der Waals surface area contributed by atoms with Gasteiger partial charge in [-0.1, -0.05) is 36.4 Å². The van der Waals surface area contributed by atoms with Crippen LogP contribution >= 0.6 is 12.4 Å². The zero-order chi connectivity index (χ0) is 18.9. The summed E-state index contributed by atoms with van der Waals surface area (Å²) in [5.74, 6) is 1.46. The van der Waals surface area contributed by atoms with E-state index in [4.69, 9.17) is 0 Å². The topological polar surface area (TPSA) is 71.0 Å². The van der Waals surface area contributed by atoms with Crippen LogP contribution in [0.4, 0.5) is 0 Å². The molecule has 1 N–H and O–H groups in total. The lowest BCUT2D eigenvalue weighted by Gasteiger charge is -2.28. The van der Waals surface area contributed by atoms with Gasteiger partial charge in [-0.3, -0.25) is 9.78 Å². The highest BCUT2D eigenvalue weighted by Gasteiger charge is 2.46. The number of carbonyl (C=O) groups excluding carboxylic acids is 1. The molecule has 4 heterocycles. The third-order valence-electron chi connectivity index (χ3n) is 5.76. The number of nitrogens with one attached hydrogen (secondary N) is 1. The molecular formula is C22H22ClN5O. The first-order valence-electron chi connectivity index (χ1n) is 9.61. The van der Waals surface area contributed by atoms with E-state index in [-0.39, 0.29) is 24.4 Å². The summed E-state index contributed by atoms with van der Waals surface area (Å²) < 4.78 is 0. The van der Waals surface area contributed by atoms with Gasteiger partial charge in [-0.25, -0.2) is 9.97 Å². The first kappa shape index (κ1) is 19.5. The number of amides is 1. The average molecular weight is 408 g/mol. The molecule has 1 aromatic carbocycles.